The van der Waals surface area contributed by atoms with E-state index in [1.807, 2.05) is 41.9 Å². The van der Waals surface area contributed by atoms with E-state index >= 15 is 0 Å². The van der Waals surface area contributed by atoms with Crippen LogP contribution in [0.1, 0.15) is 11.3 Å². The molecule has 0 amide bonds. The Balaban J connectivity index is 2.15. The van der Waals surface area contributed by atoms with Crippen LogP contribution in [0.3, 0.4) is 0 Å². The molecule has 24 heavy (non-hydrogen) atoms. The molecule has 5 heteroatoms. The third kappa shape index (κ3) is 3.03. The van der Waals surface area contributed by atoms with Gasteiger partial charge in [-0.05, 0) is 18.9 Å². The van der Waals surface area contributed by atoms with Crippen LogP contribution in [0.15, 0.2) is 49.2 Å². The number of nitrogens with one attached hydrogen (secondary N) is 1. The predicted molar refractivity (Wildman–Crippen MR) is 97.4 cm³/mol. The van der Waals surface area contributed by atoms with E-state index in [2.05, 4.69) is 29.1 Å². The summed E-state index contributed by atoms with van der Waals surface area (Å²) in [5.74, 6) is 0.955. The number of methoxy groups -OCH3 is 1. The maximum absolute atomic E-state index is 5.15. The topological polar surface area (TPSA) is 51.5 Å². The van der Waals surface area contributed by atoms with E-state index in [4.69, 9.17) is 9.72 Å². The van der Waals surface area contributed by atoms with Crippen molar-refractivity contribution < 1.29 is 4.74 Å². The highest BCUT2D eigenvalue weighted by Crippen LogP contribution is 2.28. The van der Waals surface area contributed by atoms with Gasteiger partial charge in [-0.3, -0.25) is 0 Å². The lowest BCUT2D eigenvalue weighted by Crippen LogP contribution is -2.15. The lowest BCUT2D eigenvalue weighted by molar-refractivity contribution is 0.210. The number of hydrogen-bond donors (Lipinski definition) is 1. The second-order valence-corrected chi connectivity index (χ2v) is 5.60. The zero-order chi connectivity index (χ0) is 16.9. The lowest BCUT2D eigenvalue weighted by Gasteiger charge is -2.15. The molecule has 2 heterocycles. The molecule has 0 spiro atoms. The van der Waals surface area contributed by atoms with Crippen molar-refractivity contribution in [3.05, 3.63) is 60.4 Å². The van der Waals surface area contributed by atoms with Crippen LogP contribution in [0, 0.1) is 6.92 Å². The maximum Gasteiger partial charge on any atom is 0.165 e. The van der Waals surface area contributed by atoms with Gasteiger partial charge in [-0.1, -0.05) is 36.4 Å². The molecule has 3 aromatic rings. The number of hydrogen-bond acceptors (Lipinski definition) is 4. The average molecular weight is 322 g/mol. The molecule has 5 nitrogen and oxygen atoms in total. The van der Waals surface area contributed by atoms with Gasteiger partial charge in [0.05, 0.1) is 12.8 Å². The summed E-state index contributed by atoms with van der Waals surface area (Å²) in [6.45, 7) is 7.22. The molecule has 0 unspecified atom stereocenters. The molecule has 0 bridgehead atoms. The van der Waals surface area contributed by atoms with Gasteiger partial charge in [-0.2, -0.15) is 9.61 Å². The SMILES string of the molecule is C=CCc1c(C)nc2c(-c3ccccc3)cnn2c1NCCOC. The van der Waals surface area contributed by atoms with Gasteiger partial charge in [0.1, 0.15) is 5.82 Å². The minimum atomic E-state index is 0.628. The van der Waals surface area contributed by atoms with E-state index in [1.54, 1.807) is 7.11 Å². The van der Waals surface area contributed by atoms with Crippen LogP contribution in [0.2, 0.25) is 0 Å². The Morgan fingerprint density at radius 3 is 2.79 bits per heavy atom. The molecule has 1 aromatic carbocycles. The van der Waals surface area contributed by atoms with Crippen LogP contribution < -0.4 is 5.32 Å². The Morgan fingerprint density at radius 2 is 2.08 bits per heavy atom. The normalized spacial score (nSPS) is 10.9. The fraction of sp³-hybridized carbons (Fsp3) is 0.263. The Morgan fingerprint density at radius 1 is 1.29 bits per heavy atom. The molecule has 2 aromatic heterocycles. The largest absolute Gasteiger partial charge is 0.383 e. The molecule has 3 rings (SSSR count). The zero-order valence-electron chi connectivity index (χ0n) is 14.1. The summed E-state index contributed by atoms with van der Waals surface area (Å²) in [5, 5.41) is 8.01. The van der Waals surface area contributed by atoms with Crippen molar-refractivity contribution in [3.8, 4) is 11.1 Å². The van der Waals surface area contributed by atoms with Gasteiger partial charge < -0.3 is 10.1 Å². The first kappa shape index (κ1) is 16.2. The van der Waals surface area contributed by atoms with E-state index in [0.29, 0.717) is 13.2 Å². The highest BCUT2D eigenvalue weighted by atomic mass is 16.5. The molecule has 0 aliphatic rings. The molecule has 0 radical (unpaired) electrons. The Kier molecular flexibility index (Phi) is 4.91. The van der Waals surface area contributed by atoms with E-state index in [0.717, 1.165) is 40.3 Å². The van der Waals surface area contributed by atoms with E-state index in [1.165, 1.54) is 0 Å². The van der Waals surface area contributed by atoms with Crippen LogP contribution in [0.4, 0.5) is 5.82 Å². The summed E-state index contributed by atoms with van der Waals surface area (Å²) in [5.41, 5.74) is 5.08. The quantitative estimate of drug-likeness (QED) is 0.534. The van der Waals surface area contributed by atoms with Crippen LogP contribution in [-0.4, -0.2) is 34.9 Å². The van der Waals surface area contributed by atoms with Crippen molar-refractivity contribution in [2.75, 3.05) is 25.6 Å². The molecule has 1 N–H and O–H groups in total. The standard InChI is InChI=1S/C19H22N4O/c1-4-8-16-14(2)22-19-17(15-9-6-5-7-10-15)13-21-23(19)18(16)20-11-12-24-3/h4-7,9-10,13,20H,1,8,11-12H2,2-3H3. The highest BCUT2D eigenvalue weighted by molar-refractivity contribution is 5.78. The Hall–Kier alpha value is -2.66. The number of rotatable bonds is 7. The molecule has 124 valence electrons. The molecular weight excluding hydrogens is 300 g/mol. The smallest absolute Gasteiger partial charge is 0.165 e. The monoisotopic (exact) mass is 322 g/mol. The van der Waals surface area contributed by atoms with Gasteiger partial charge in [-0.15, -0.1) is 6.58 Å². The fourth-order valence-corrected chi connectivity index (χ4v) is 2.80. The first-order chi connectivity index (χ1) is 11.8. The van der Waals surface area contributed by atoms with Crippen LogP contribution in [0.25, 0.3) is 16.8 Å². The fourth-order valence-electron chi connectivity index (χ4n) is 2.80. The van der Waals surface area contributed by atoms with Crippen LogP contribution in [0.5, 0.6) is 0 Å². The van der Waals surface area contributed by atoms with Crippen LogP contribution >= 0.6 is 0 Å². The third-order valence-corrected chi connectivity index (χ3v) is 3.98. The number of fused-ring (bicyclic) bond motifs is 1. The Bertz CT molecular complexity index is 839. The molecule has 0 aliphatic carbocycles. The number of benzene rings is 1. The summed E-state index contributed by atoms with van der Waals surface area (Å²) >= 11 is 0. The van der Waals surface area contributed by atoms with Gasteiger partial charge in [0.15, 0.2) is 5.65 Å². The van der Waals surface area contributed by atoms with Gasteiger partial charge >= 0.3 is 0 Å². The van der Waals surface area contributed by atoms with E-state index in [9.17, 15) is 0 Å². The number of ether oxygens (including phenoxy) is 1. The molecular formula is C19H22N4O. The number of aryl methyl sites for hydroxylation is 1. The van der Waals surface area contributed by atoms with E-state index in [-0.39, 0.29) is 0 Å². The number of anilines is 1. The third-order valence-electron chi connectivity index (χ3n) is 3.98. The first-order valence-electron chi connectivity index (χ1n) is 8.02. The molecule has 0 fully saturated rings. The summed E-state index contributed by atoms with van der Waals surface area (Å²) in [7, 11) is 1.70. The summed E-state index contributed by atoms with van der Waals surface area (Å²) in [6.07, 6.45) is 4.50. The second-order valence-electron chi connectivity index (χ2n) is 5.60. The van der Waals surface area contributed by atoms with Gasteiger partial charge in [0.2, 0.25) is 0 Å². The zero-order valence-corrected chi connectivity index (χ0v) is 14.1. The van der Waals surface area contributed by atoms with Crippen molar-refractivity contribution in [2.45, 2.75) is 13.3 Å². The Labute approximate surface area is 142 Å². The van der Waals surface area contributed by atoms with E-state index < -0.39 is 0 Å². The van der Waals surface area contributed by atoms with Crippen molar-refractivity contribution in [3.63, 3.8) is 0 Å². The minimum Gasteiger partial charge on any atom is -0.383 e. The number of allylic oxidation sites excluding steroid dienone is 1. The lowest BCUT2D eigenvalue weighted by atomic mass is 10.1. The molecule has 0 atom stereocenters. The van der Waals surface area contributed by atoms with Crippen molar-refractivity contribution in [2.24, 2.45) is 0 Å². The van der Waals surface area contributed by atoms with Crippen LogP contribution in [-0.2, 0) is 11.2 Å². The molecule has 0 saturated heterocycles. The predicted octanol–water partition coefficient (Wildman–Crippen LogP) is 3.49. The number of nitrogens with zero attached hydrogens (tertiary/aromatic N) is 3. The van der Waals surface area contributed by atoms with Gasteiger partial charge in [-0.25, -0.2) is 4.98 Å². The molecule has 0 aliphatic heterocycles. The minimum absolute atomic E-state index is 0.628. The summed E-state index contributed by atoms with van der Waals surface area (Å²) < 4.78 is 7.03. The van der Waals surface area contributed by atoms with Gasteiger partial charge in [0.25, 0.3) is 0 Å². The summed E-state index contributed by atoms with van der Waals surface area (Å²) in [4.78, 5) is 4.80. The second kappa shape index (κ2) is 7.27. The van der Waals surface area contributed by atoms with Crippen molar-refractivity contribution in [1.29, 1.82) is 0 Å². The molecule has 0 saturated carbocycles. The van der Waals surface area contributed by atoms with Crippen molar-refractivity contribution >= 4 is 11.5 Å². The highest BCUT2D eigenvalue weighted by Gasteiger charge is 2.16. The first-order valence-corrected chi connectivity index (χ1v) is 8.02. The average Bonchev–Trinajstić information content (AvgIpc) is 3.02. The maximum atomic E-state index is 5.15. The number of aromatic nitrogens is 3. The summed E-state index contributed by atoms with van der Waals surface area (Å²) in [6, 6.07) is 10.2. The van der Waals surface area contributed by atoms with Crippen molar-refractivity contribution in [1.82, 2.24) is 14.6 Å². The van der Waals surface area contributed by atoms with Gasteiger partial charge in [0, 0.05) is 30.5 Å².